The first kappa shape index (κ1) is 11.5. The van der Waals surface area contributed by atoms with Crippen molar-refractivity contribution in [1.82, 2.24) is 0 Å². The molecule has 1 heterocycles. The Hall–Kier alpha value is -1.02. The second kappa shape index (κ2) is 4.46. The van der Waals surface area contributed by atoms with Gasteiger partial charge in [0.25, 0.3) is 0 Å². The molecule has 1 aliphatic rings. The fourth-order valence-electron chi connectivity index (χ4n) is 2.70. The van der Waals surface area contributed by atoms with Gasteiger partial charge in [-0.1, -0.05) is 13.0 Å². The summed E-state index contributed by atoms with van der Waals surface area (Å²) in [6.07, 6.45) is 1.28. The molecule has 0 saturated carbocycles. The van der Waals surface area contributed by atoms with E-state index in [1.165, 1.54) is 17.7 Å². The third-order valence-electron chi connectivity index (χ3n) is 3.61. The molecule has 0 spiro atoms. The van der Waals surface area contributed by atoms with Crippen molar-refractivity contribution in [3.8, 4) is 0 Å². The second-order valence-corrected chi connectivity index (χ2v) is 5.11. The average Bonchev–Trinajstić information content (AvgIpc) is 2.58. The van der Waals surface area contributed by atoms with Crippen LogP contribution in [0, 0.1) is 12.8 Å². The van der Waals surface area contributed by atoms with Gasteiger partial charge in [-0.2, -0.15) is 0 Å². The Morgan fingerprint density at radius 2 is 2.12 bits per heavy atom. The second-order valence-electron chi connectivity index (χ2n) is 5.11. The predicted molar refractivity (Wildman–Crippen MR) is 67.7 cm³/mol. The molecule has 2 heteroatoms. The van der Waals surface area contributed by atoms with Crippen LogP contribution in [0.2, 0.25) is 0 Å². The van der Waals surface area contributed by atoms with E-state index in [1.807, 2.05) is 6.07 Å². The van der Waals surface area contributed by atoms with E-state index in [0.29, 0.717) is 6.04 Å². The topological polar surface area (TPSA) is 23.5 Å². The van der Waals surface area contributed by atoms with Gasteiger partial charge in [0.15, 0.2) is 0 Å². The molecule has 0 aromatic heterocycles. The van der Waals surface area contributed by atoms with Gasteiger partial charge in [-0.05, 0) is 49.4 Å². The van der Waals surface area contributed by atoms with Gasteiger partial charge in [-0.25, -0.2) is 0 Å². The molecule has 1 saturated heterocycles. The molecular formula is C14H21NO. The maximum atomic E-state index is 9.16. The van der Waals surface area contributed by atoms with Crippen LogP contribution in [0.5, 0.6) is 0 Å². The molecule has 2 atom stereocenters. The van der Waals surface area contributed by atoms with Crippen molar-refractivity contribution >= 4 is 5.69 Å². The van der Waals surface area contributed by atoms with Crippen molar-refractivity contribution in [2.75, 3.05) is 11.4 Å². The number of hydrogen-bond donors (Lipinski definition) is 1. The fraction of sp³-hybridized carbons (Fsp3) is 0.571. The zero-order chi connectivity index (χ0) is 11.7. The van der Waals surface area contributed by atoms with Crippen LogP contribution < -0.4 is 4.90 Å². The molecule has 88 valence electrons. The van der Waals surface area contributed by atoms with Crippen LogP contribution in [0.15, 0.2) is 18.2 Å². The van der Waals surface area contributed by atoms with E-state index in [9.17, 15) is 0 Å². The fourth-order valence-corrected chi connectivity index (χ4v) is 2.70. The molecule has 1 aromatic rings. The van der Waals surface area contributed by atoms with Crippen LogP contribution >= 0.6 is 0 Å². The van der Waals surface area contributed by atoms with E-state index >= 15 is 0 Å². The molecule has 16 heavy (non-hydrogen) atoms. The summed E-state index contributed by atoms with van der Waals surface area (Å²) >= 11 is 0. The molecule has 1 N–H and O–H groups in total. The summed E-state index contributed by atoms with van der Waals surface area (Å²) in [4.78, 5) is 2.47. The number of benzene rings is 1. The Morgan fingerprint density at radius 1 is 1.38 bits per heavy atom. The number of aliphatic hydroxyl groups is 1. The van der Waals surface area contributed by atoms with Crippen molar-refractivity contribution in [3.63, 3.8) is 0 Å². The summed E-state index contributed by atoms with van der Waals surface area (Å²) in [5.41, 5.74) is 3.52. The number of rotatable bonds is 2. The SMILES string of the molecule is Cc1cc(N2CC(C)CC2C)ccc1CO. The number of anilines is 1. The summed E-state index contributed by atoms with van der Waals surface area (Å²) in [7, 11) is 0. The Bertz CT molecular complexity index is 375. The normalized spacial score (nSPS) is 25.1. The van der Waals surface area contributed by atoms with E-state index in [0.717, 1.165) is 18.0 Å². The minimum absolute atomic E-state index is 0.137. The van der Waals surface area contributed by atoms with Crippen LogP contribution in [0.25, 0.3) is 0 Å². The van der Waals surface area contributed by atoms with Crippen LogP contribution in [-0.2, 0) is 6.61 Å². The molecule has 1 aliphatic heterocycles. The molecule has 1 fully saturated rings. The highest BCUT2D eigenvalue weighted by Crippen LogP contribution is 2.29. The lowest BCUT2D eigenvalue weighted by Gasteiger charge is -2.24. The smallest absolute Gasteiger partial charge is 0.0684 e. The Labute approximate surface area is 97.9 Å². The van der Waals surface area contributed by atoms with E-state index in [-0.39, 0.29) is 6.61 Å². The zero-order valence-electron chi connectivity index (χ0n) is 10.4. The van der Waals surface area contributed by atoms with Gasteiger partial charge in [0.1, 0.15) is 0 Å². The summed E-state index contributed by atoms with van der Waals surface area (Å²) in [6.45, 7) is 7.96. The van der Waals surface area contributed by atoms with E-state index in [4.69, 9.17) is 5.11 Å². The largest absolute Gasteiger partial charge is 0.392 e. The Kier molecular flexibility index (Phi) is 3.20. The van der Waals surface area contributed by atoms with Gasteiger partial charge in [0.2, 0.25) is 0 Å². The number of nitrogens with zero attached hydrogens (tertiary/aromatic N) is 1. The first-order chi connectivity index (χ1) is 7.61. The zero-order valence-corrected chi connectivity index (χ0v) is 10.4. The highest BCUT2D eigenvalue weighted by Gasteiger charge is 2.26. The average molecular weight is 219 g/mol. The lowest BCUT2D eigenvalue weighted by Crippen LogP contribution is -2.26. The maximum Gasteiger partial charge on any atom is 0.0684 e. The van der Waals surface area contributed by atoms with Gasteiger partial charge in [0.05, 0.1) is 6.61 Å². The van der Waals surface area contributed by atoms with Gasteiger partial charge < -0.3 is 10.0 Å². The van der Waals surface area contributed by atoms with Crippen molar-refractivity contribution in [3.05, 3.63) is 29.3 Å². The van der Waals surface area contributed by atoms with E-state index < -0.39 is 0 Å². The minimum atomic E-state index is 0.137. The summed E-state index contributed by atoms with van der Waals surface area (Å²) in [6, 6.07) is 7.00. The highest BCUT2D eigenvalue weighted by atomic mass is 16.3. The number of aryl methyl sites for hydroxylation is 1. The Morgan fingerprint density at radius 3 is 2.62 bits per heavy atom. The van der Waals surface area contributed by atoms with Crippen LogP contribution in [0.4, 0.5) is 5.69 Å². The summed E-state index contributed by atoms with van der Waals surface area (Å²) in [5.74, 6) is 0.785. The third-order valence-corrected chi connectivity index (χ3v) is 3.61. The van der Waals surface area contributed by atoms with Crippen LogP contribution in [-0.4, -0.2) is 17.7 Å². The maximum absolute atomic E-state index is 9.16. The van der Waals surface area contributed by atoms with E-state index in [1.54, 1.807) is 0 Å². The summed E-state index contributed by atoms with van der Waals surface area (Å²) < 4.78 is 0. The monoisotopic (exact) mass is 219 g/mol. The number of aliphatic hydroxyl groups excluding tert-OH is 1. The van der Waals surface area contributed by atoms with Crippen molar-refractivity contribution in [2.45, 2.75) is 39.8 Å². The molecular weight excluding hydrogens is 198 g/mol. The minimum Gasteiger partial charge on any atom is -0.392 e. The lowest BCUT2D eigenvalue weighted by atomic mass is 10.1. The standard InChI is InChI=1S/C14H21NO/c1-10-6-12(3)15(8-10)14-5-4-13(9-16)11(2)7-14/h4-5,7,10,12,16H,6,8-9H2,1-3H3. The van der Waals surface area contributed by atoms with E-state index in [2.05, 4.69) is 37.8 Å². The molecule has 0 aliphatic carbocycles. The van der Waals surface area contributed by atoms with Crippen LogP contribution in [0.3, 0.4) is 0 Å². The van der Waals surface area contributed by atoms with Gasteiger partial charge in [0, 0.05) is 18.3 Å². The Balaban J connectivity index is 2.24. The van der Waals surface area contributed by atoms with Crippen molar-refractivity contribution in [2.24, 2.45) is 5.92 Å². The first-order valence-electron chi connectivity index (χ1n) is 6.09. The molecule has 2 nitrogen and oxygen atoms in total. The predicted octanol–water partition coefficient (Wildman–Crippen LogP) is 2.72. The highest BCUT2D eigenvalue weighted by molar-refractivity contribution is 5.52. The molecule has 1 aromatic carbocycles. The van der Waals surface area contributed by atoms with Crippen molar-refractivity contribution in [1.29, 1.82) is 0 Å². The number of hydrogen-bond acceptors (Lipinski definition) is 2. The summed E-state index contributed by atoms with van der Waals surface area (Å²) in [5, 5.41) is 9.16. The van der Waals surface area contributed by atoms with Crippen LogP contribution in [0.1, 0.15) is 31.4 Å². The molecule has 2 rings (SSSR count). The molecule has 0 bridgehead atoms. The molecule has 0 amide bonds. The molecule has 2 unspecified atom stereocenters. The quantitative estimate of drug-likeness (QED) is 0.826. The van der Waals surface area contributed by atoms with Crippen molar-refractivity contribution < 1.29 is 5.11 Å². The molecule has 0 radical (unpaired) electrons. The van der Waals surface area contributed by atoms with Gasteiger partial charge in [-0.3, -0.25) is 0 Å². The third kappa shape index (κ3) is 2.07. The lowest BCUT2D eigenvalue weighted by molar-refractivity contribution is 0.281. The first-order valence-corrected chi connectivity index (χ1v) is 6.09. The van der Waals surface area contributed by atoms with Gasteiger partial charge >= 0.3 is 0 Å². The van der Waals surface area contributed by atoms with Gasteiger partial charge in [-0.15, -0.1) is 0 Å².